The van der Waals surface area contributed by atoms with Gasteiger partial charge < -0.3 is 4.90 Å². The van der Waals surface area contributed by atoms with E-state index >= 15 is 0 Å². The topological polar surface area (TPSA) is 33.2 Å². The summed E-state index contributed by atoms with van der Waals surface area (Å²) in [6.07, 6.45) is 3.97. The van der Waals surface area contributed by atoms with E-state index in [0.717, 1.165) is 31.4 Å². The summed E-state index contributed by atoms with van der Waals surface area (Å²) in [5, 5.41) is 1.24. The molecule has 3 heteroatoms. The predicted octanol–water partition coefficient (Wildman–Crippen LogP) is 2.65. The van der Waals surface area contributed by atoms with Gasteiger partial charge in [0.05, 0.1) is 5.52 Å². The molecule has 1 fully saturated rings. The minimum absolute atomic E-state index is 0.196. The van der Waals surface area contributed by atoms with Crippen LogP contribution < -0.4 is 0 Å². The number of aromatic nitrogens is 1. The van der Waals surface area contributed by atoms with Crippen molar-refractivity contribution in [2.75, 3.05) is 13.1 Å². The summed E-state index contributed by atoms with van der Waals surface area (Å²) in [6.45, 7) is 3.46. The molecule has 2 heterocycles. The molecule has 1 aliphatic rings. The first-order chi connectivity index (χ1) is 9.24. The molecule has 3 rings (SSSR count). The lowest BCUT2D eigenvalue weighted by atomic mass is 9.96. The lowest BCUT2D eigenvalue weighted by Gasteiger charge is -2.14. The third-order valence-corrected chi connectivity index (χ3v) is 3.98. The third-order valence-electron chi connectivity index (χ3n) is 3.98. The van der Waals surface area contributed by atoms with Gasteiger partial charge in [-0.2, -0.15) is 0 Å². The number of likely N-dealkylation sites (tertiary alicyclic amines) is 1. The van der Waals surface area contributed by atoms with Crippen molar-refractivity contribution < 1.29 is 4.79 Å². The molecule has 2 aromatic rings. The summed E-state index contributed by atoms with van der Waals surface area (Å²) in [5.41, 5.74) is 2.41. The molecule has 0 spiro atoms. The third kappa shape index (κ3) is 2.46. The smallest absolute Gasteiger partial charge is 0.219 e. The zero-order valence-corrected chi connectivity index (χ0v) is 11.2. The number of pyridine rings is 1. The minimum Gasteiger partial charge on any atom is -0.343 e. The molecule has 0 bridgehead atoms. The number of rotatable bonds is 2. The zero-order valence-electron chi connectivity index (χ0n) is 11.2. The van der Waals surface area contributed by atoms with E-state index in [0.29, 0.717) is 5.92 Å². The first-order valence-electron chi connectivity index (χ1n) is 6.82. The molecular formula is C16H18N2O. The van der Waals surface area contributed by atoms with Crippen LogP contribution >= 0.6 is 0 Å². The highest BCUT2D eigenvalue weighted by molar-refractivity contribution is 5.82. The van der Waals surface area contributed by atoms with Crippen molar-refractivity contribution in [2.24, 2.45) is 5.92 Å². The molecule has 1 atom stereocenters. The van der Waals surface area contributed by atoms with Gasteiger partial charge in [0.2, 0.25) is 5.91 Å². The Morgan fingerprint density at radius 1 is 1.37 bits per heavy atom. The molecule has 0 radical (unpaired) electrons. The maximum Gasteiger partial charge on any atom is 0.219 e. The average Bonchev–Trinajstić information content (AvgIpc) is 2.88. The van der Waals surface area contributed by atoms with Crippen molar-refractivity contribution in [3.8, 4) is 0 Å². The monoisotopic (exact) mass is 254 g/mol. The van der Waals surface area contributed by atoms with E-state index < -0.39 is 0 Å². The number of carbonyl (C=O) groups is 1. The molecule has 0 unspecified atom stereocenters. The molecule has 1 aromatic carbocycles. The van der Waals surface area contributed by atoms with E-state index in [4.69, 9.17) is 0 Å². The van der Waals surface area contributed by atoms with Crippen LogP contribution in [0.2, 0.25) is 0 Å². The van der Waals surface area contributed by atoms with E-state index in [-0.39, 0.29) is 5.91 Å². The molecule has 1 saturated heterocycles. The predicted molar refractivity (Wildman–Crippen MR) is 75.8 cm³/mol. The van der Waals surface area contributed by atoms with E-state index in [2.05, 4.69) is 29.2 Å². The summed E-state index contributed by atoms with van der Waals surface area (Å²) in [7, 11) is 0. The van der Waals surface area contributed by atoms with Crippen LogP contribution in [0.5, 0.6) is 0 Å². The maximum atomic E-state index is 11.4. The number of hydrogen-bond acceptors (Lipinski definition) is 2. The van der Waals surface area contributed by atoms with Crippen LogP contribution in [0.4, 0.5) is 0 Å². The Morgan fingerprint density at radius 3 is 3.05 bits per heavy atom. The zero-order chi connectivity index (χ0) is 13.2. The number of carbonyl (C=O) groups excluding carboxylic acids is 1. The summed E-state index contributed by atoms with van der Waals surface area (Å²) in [6, 6.07) is 10.4. The summed E-state index contributed by atoms with van der Waals surface area (Å²) >= 11 is 0. The van der Waals surface area contributed by atoms with Gasteiger partial charge >= 0.3 is 0 Å². The lowest BCUT2D eigenvalue weighted by molar-refractivity contribution is -0.127. The highest BCUT2D eigenvalue weighted by atomic mass is 16.2. The van der Waals surface area contributed by atoms with Gasteiger partial charge in [0.15, 0.2) is 0 Å². The van der Waals surface area contributed by atoms with Crippen LogP contribution in [0.1, 0.15) is 18.9 Å². The Balaban J connectivity index is 1.81. The van der Waals surface area contributed by atoms with Crippen LogP contribution in [-0.2, 0) is 11.2 Å². The first kappa shape index (κ1) is 12.2. The largest absolute Gasteiger partial charge is 0.343 e. The van der Waals surface area contributed by atoms with Gasteiger partial charge in [0, 0.05) is 31.6 Å². The van der Waals surface area contributed by atoms with Crippen molar-refractivity contribution in [1.82, 2.24) is 9.88 Å². The molecule has 0 N–H and O–H groups in total. The van der Waals surface area contributed by atoms with Gasteiger partial charge in [-0.3, -0.25) is 9.78 Å². The van der Waals surface area contributed by atoms with Crippen molar-refractivity contribution in [3.63, 3.8) is 0 Å². The van der Waals surface area contributed by atoms with Crippen molar-refractivity contribution in [1.29, 1.82) is 0 Å². The van der Waals surface area contributed by atoms with Crippen molar-refractivity contribution >= 4 is 16.8 Å². The van der Waals surface area contributed by atoms with E-state index in [9.17, 15) is 4.79 Å². The van der Waals surface area contributed by atoms with Gasteiger partial charge in [-0.05, 0) is 36.5 Å². The van der Waals surface area contributed by atoms with Gasteiger partial charge in [0.25, 0.3) is 0 Å². The SMILES string of the molecule is CC(=O)N1CC[C@H](Cc2cccc3ncccc23)C1. The first-order valence-corrected chi connectivity index (χ1v) is 6.82. The summed E-state index contributed by atoms with van der Waals surface area (Å²) in [4.78, 5) is 17.7. The molecule has 3 nitrogen and oxygen atoms in total. The van der Waals surface area contributed by atoms with Gasteiger partial charge in [-0.1, -0.05) is 18.2 Å². The Kier molecular flexibility index (Phi) is 3.20. The number of nitrogens with zero attached hydrogens (tertiary/aromatic N) is 2. The average molecular weight is 254 g/mol. The quantitative estimate of drug-likeness (QED) is 0.825. The molecule has 1 aliphatic heterocycles. The number of amides is 1. The normalized spacial score (nSPS) is 19.0. The van der Waals surface area contributed by atoms with Crippen LogP contribution in [0, 0.1) is 5.92 Å². The van der Waals surface area contributed by atoms with E-state index in [1.165, 1.54) is 10.9 Å². The molecular weight excluding hydrogens is 236 g/mol. The fourth-order valence-corrected chi connectivity index (χ4v) is 2.94. The minimum atomic E-state index is 0.196. The van der Waals surface area contributed by atoms with Gasteiger partial charge in [0.1, 0.15) is 0 Å². The second kappa shape index (κ2) is 5.00. The molecule has 0 saturated carbocycles. The van der Waals surface area contributed by atoms with Gasteiger partial charge in [-0.25, -0.2) is 0 Å². The van der Waals surface area contributed by atoms with Crippen LogP contribution in [0.25, 0.3) is 10.9 Å². The standard InChI is InChI=1S/C16H18N2O/c1-12(19)18-9-7-13(11-18)10-14-4-2-6-16-15(14)5-3-8-17-16/h2-6,8,13H,7,9-11H2,1H3/t13-/m1/s1. The molecule has 19 heavy (non-hydrogen) atoms. The lowest BCUT2D eigenvalue weighted by Crippen LogP contribution is -2.26. The highest BCUT2D eigenvalue weighted by Gasteiger charge is 2.24. The number of benzene rings is 1. The highest BCUT2D eigenvalue weighted by Crippen LogP contribution is 2.24. The molecule has 1 aromatic heterocycles. The Hall–Kier alpha value is -1.90. The second-order valence-electron chi connectivity index (χ2n) is 5.31. The maximum absolute atomic E-state index is 11.4. The molecule has 0 aliphatic carbocycles. The van der Waals surface area contributed by atoms with Crippen LogP contribution in [0.3, 0.4) is 0 Å². The Bertz CT molecular complexity index is 603. The van der Waals surface area contributed by atoms with E-state index in [1.54, 1.807) is 6.92 Å². The van der Waals surface area contributed by atoms with Crippen LogP contribution in [-0.4, -0.2) is 28.9 Å². The fourth-order valence-electron chi connectivity index (χ4n) is 2.94. The molecule has 98 valence electrons. The Labute approximate surface area is 113 Å². The molecule has 1 amide bonds. The number of hydrogen-bond donors (Lipinski definition) is 0. The number of fused-ring (bicyclic) bond motifs is 1. The summed E-state index contributed by atoms with van der Waals surface area (Å²) in [5.74, 6) is 0.775. The summed E-state index contributed by atoms with van der Waals surface area (Å²) < 4.78 is 0. The van der Waals surface area contributed by atoms with Gasteiger partial charge in [-0.15, -0.1) is 0 Å². The second-order valence-corrected chi connectivity index (χ2v) is 5.31. The van der Waals surface area contributed by atoms with E-state index in [1.807, 2.05) is 17.2 Å². The van der Waals surface area contributed by atoms with Crippen molar-refractivity contribution in [2.45, 2.75) is 19.8 Å². The van der Waals surface area contributed by atoms with Crippen LogP contribution in [0.15, 0.2) is 36.5 Å². The Morgan fingerprint density at radius 2 is 2.26 bits per heavy atom. The fraction of sp³-hybridized carbons (Fsp3) is 0.375. The van der Waals surface area contributed by atoms with Crippen molar-refractivity contribution in [3.05, 3.63) is 42.1 Å².